The maximum Gasteiger partial charge on any atom is 0.227 e. The Morgan fingerprint density at radius 2 is 2.11 bits per heavy atom. The Morgan fingerprint density at radius 3 is 2.68 bits per heavy atom. The molecule has 0 radical (unpaired) electrons. The lowest BCUT2D eigenvalue weighted by Gasteiger charge is -2.22. The number of nitrogens with two attached hydrogens (primary N) is 1. The maximum atomic E-state index is 12.4. The number of rotatable bonds is 6. The third-order valence-electron chi connectivity index (χ3n) is 3.51. The van der Waals surface area contributed by atoms with Gasteiger partial charge < -0.3 is 10.6 Å². The summed E-state index contributed by atoms with van der Waals surface area (Å²) in [6.45, 7) is 2.70. The smallest absolute Gasteiger partial charge is 0.227 e. The van der Waals surface area contributed by atoms with Gasteiger partial charge in [0.2, 0.25) is 5.91 Å². The molecule has 1 amide bonds. The minimum absolute atomic E-state index is 0.188. The lowest BCUT2D eigenvalue weighted by molar-refractivity contribution is -0.130. The minimum atomic E-state index is 0.188. The average Bonchev–Trinajstić information content (AvgIpc) is 3.16. The first-order valence-corrected chi connectivity index (χ1v) is 7.11. The van der Waals surface area contributed by atoms with Crippen molar-refractivity contribution >= 4 is 23.1 Å². The first kappa shape index (κ1) is 14.0. The summed E-state index contributed by atoms with van der Waals surface area (Å²) in [7, 11) is 0. The molecule has 19 heavy (non-hydrogen) atoms. The molecule has 102 valence electrons. The van der Waals surface area contributed by atoms with E-state index in [9.17, 15) is 4.79 Å². The Hall–Kier alpha value is -1.42. The molecule has 0 aliphatic heterocycles. The zero-order valence-corrected chi connectivity index (χ0v) is 12.1. The van der Waals surface area contributed by atoms with E-state index < -0.39 is 0 Å². The van der Waals surface area contributed by atoms with Crippen LogP contribution < -0.4 is 5.73 Å². The monoisotopic (exact) mass is 276 g/mol. The van der Waals surface area contributed by atoms with Crippen molar-refractivity contribution in [2.75, 3.05) is 6.54 Å². The van der Waals surface area contributed by atoms with Crippen molar-refractivity contribution in [1.29, 1.82) is 0 Å². The second-order valence-corrected chi connectivity index (χ2v) is 5.66. The lowest BCUT2D eigenvalue weighted by atomic mass is 10.1. The van der Waals surface area contributed by atoms with Crippen molar-refractivity contribution in [1.82, 2.24) is 4.90 Å². The molecule has 1 saturated carbocycles. The second-order valence-electron chi connectivity index (χ2n) is 5.14. The van der Waals surface area contributed by atoms with E-state index in [4.69, 9.17) is 18.0 Å². The largest absolute Gasteiger partial charge is 0.393 e. The van der Waals surface area contributed by atoms with Gasteiger partial charge in [-0.25, -0.2) is 0 Å². The van der Waals surface area contributed by atoms with Crippen molar-refractivity contribution < 1.29 is 4.79 Å². The number of carbonyl (C=O) groups is 1. The molecular formula is C15H20N2OS. The highest BCUT2D eigenvalue weighted by molar-refractivity contribution is 7.80. The van der Waals surface area contributed by atoms with E-state index in [1.807, 2.05) is 36.1 Å². The molecule has 4 heteroatoms. The number of benzene rings is 1. The van der Waals surface area contributed by atoms with Crippen LogP contribution in [0.1, 0.15) is 30.4 Å². The van der Waals surface area contributed by atoms with Crippen LogP contribution in [0.3, 0.4) is 0 Å². The predicted molar refractivity (Wildman–Crippen MR) is 81.0 cm³/mol. The molecule has 2 N–H and O–H groups in total. The Balaban J connectivity index is 1.99. The van der Waals surface area contributed by atoms with Gasteiger partial charge in [-0.05, 0) is 30.9 Å². The van der Waals surface area contributed by atoms with Gasteiger partial charge in [0.1, 0.15) is 0 Å². The van der Waals surface area contributed by atoms with E-state index >= 15 is 0 Å². The van der Waals surface area contributed by atoms with Crippen molar-refractivity contribution in [2.24, 2.45) is 5.73 Å². The molecule has 0 saturated heterocycles. The van der Waals surface area contributed by atoms with Gasteiger partial charge in [0.25, 0.3) is 0 Å². The maximum absolute atomic E-state index is 12.4. The molecule has 0 atom stereocenters. The number of hydrogen-bond acceptors (Lipinski definition) is 2. The highest BCUT2D eigenvalue weighted by Crippen LogP contribution is 2.27. The number of carbonyl (C=O) groups excluding carboxylic acids is 1. The lowest BCUT2D eigenvalue weighted by Crippen LogP contribution is -2.36. The van der Waals surface area contributed by atoms with E-state index in [2.05, 4.69) is 0 Å². The number of aryl methyl sites for hydroxylation is 1. The topological polar surface area (TPSA) is 46.3 Å². The van der Waals surface area contributed by atoms with Gasteiger partial charge in [0.05, 0.1) is 11.4 Å². The van der Waals surface area contributed by atoms with E-state index in [0.717, 1.165) is 18.4 Å². The van der Waals surface area contributed by atoms with Crippen LogP contribution in [0.15, 0.2) is 24.3 Å². The summed E-state index contributed by atoms with van der Waals surface area (Å²) in [6, 6.07) is 8.44. The van der Waals surface area contributed by atoms with Crippen LogP contribution in [-0.4, -0.2) is 28.4 Å². The summed E-state index contributed by atoms with van der Waals surface area (Å²) < 4.78 is 0. The normalized spacial score (nSPS) is 14.2. The molecule has 1 fully saturated rings. The van der Waals surface area contributed by atoms with Crippen LogP contribution in [-0.2, 0) is 11.2 Å². The van der Waals surface area contributed by atoms with Gasteiger partial charge >= 0.3 is 0 Å². The van der Waals surface area contributed by atoms with Crippen molar-refractivity contribution in [2.45, 2.75) is 38.6 Å². The van der Waals surface area contributed by atoms with Gasteiger partial charge in [-0.1, -0.05) is 36.5 Å². The molecule has 0 heterocycles. The fourth-order valence-electron chi connectivity index (χ4n) is 2.20. The Kier molecular flexibility index (Phi) is 4.53. The number of nitrogens with zero attached hydrogens (tertiary/aromatic N) is 1. The van der Waals surface area contributed by atoms with Crippen molar-refractivity contribution in [3.05, 3.63) is 35.4 Å². The predicted octanol–water partition coefficient (Wildman–Crippen LogP) is 2.20. The van der Waals surface area contributed by atoms with Gasteiger partial charge in [-0.2, -0.15) is 0 Å². The highest BCUT2D eigenvalue weighted by atomic mass is 32.1. The van der Waals surface area contributed by atoms with Gasteiger partial charge in [-0.3, -0.25) is 4.79 Å². The molecule has 0 aromatic heterocycles. The minimum Gasteiger partial charge on any atom is -0.393 e. The number of hydrogen-bond donors (Lipinski definition) is 1. The van der Waals surface area contributed by atoms with Crippen LogP contribution >= 0.6 is 12.2 Å². The zero-order chi connectivity index (χ0) is 13.8. The molecule has 1 aliphatic carbocycles. The van der Waals surface area contributed by atoms with E-state index in [1.54, 1.807) is 0 Å². The summed E-state index contributed by atoms with van der Waals surface area (Å²) >= 11 is 4.90. The molecule has 0 bridgehead atoms. The molecule has 3 nitrogen and oxygen atoms in total. The van der Waals surface area contributed by atoms with Gasteiger partial charge in [0.15, 0.2) is 0 Å². The van der Waals surface area contributed by atoms with Crippen LogP contribution in [0.4, 0.5) is 0 Å². The Labute approximate surface area is 119 Å². The van der Waals surface area contributed by atoms with Crippen LogP contribution in [0.25, 0.3) is 0 Å². The third kappa shape index (κ3) is 4.03. The quantitative estimate of drug-likeness (QED) is 0.810. The van der Waals surface area contributed by atoms with E-state index in [1.165, 1.54) is 5.56 Å². The molecule has 1 aliphatic rings. The standard InChI is InChI=1S/C15H20N2OS/c1-11-4-2-3-5-12(11)10-15(18)17(13-6-7-13)9-8-14(16)19/h2-5,13H,6-10H2,1H3,(H2,16,19). The van der Waals surface area contributed by atoms with Crippen molar-refractivity contribution in [3.63, 3.8) is 0 Å². The van der Waals surface area contributed by atoms with Crippen LogP contribution in [0, 0.1) is 6.92 Å². The van der Waals surface area contributed by atoms with Gasteiger partial charge in [0, 0.05) is 19.0 Å². The van der Waals surface area contributed by atoms with E-state index in [-0.39, 0.29) is 5.91 Å². The summed E-state index contributed by atoms with van der Waals surface area (Å²) in [4.78, 5) is 14.8. The van der Waals surface area contributed by atoms with Crippen LogP contribution in [0.2, 0.25) is 0 Å². The molecule has 2 rings (SSSR count). The Bertz CT molecular complexity index is 483. The summed E-state index contributed by atoms with van der Waals surface area (Å²) in [5.74, 6) is 0.188. The summed E-state index contributed by atoms with van der Waals surface area (Å²) in [5, 5.41) is 0. The summed E-state index contributed by atoms with van der Waals surface area (Å²) in [6.07, 6.45) is 3.31. The first-order chi connectivity index (χ1) is 9.08. The van der Waals surface area contributed by atoms with Crippen molar-refractivity contribution in [3.8, 4) is 0 Å². The second kappa shape index (κ2) is 6.15. The fourth-order valence-corrected chi connectivity index (χ4v) is 2.29. The van der Waals surface area contributed by atoms with E-state index in [0.29, 0.717) is 30.4 Å². The van der Waals surface area contributed by atoms with Gasteiger partial charge in [-0.15, -0.1) is 0 Å². The number of thiocarbonyl (C=S) groups is 1. The highest BCUT2D eigenvalue weighted by Gasteiger charge is 2.32. The molecule has 0 spiro atoms. The fraction of sp³-hybridized carbons (Fsp3) is 0.467. The average molecular weight is 276 g/mol. The molecule has 1 aromatic carbocycles. The SMILES string of the molecule is Cc1ccccc1CC(=O)N(CCC(N)=S)C1CC1. The number of amides is 1. The van der Waals surface area contributed by atoms with Crippen LogP contribution in [0.5, 0.6) is 0 Å². The molecule has 0 unspecified atom stereocenters. The molecular weight excluding hydrogens is 256 g/mol. The summed E-state index contributed by atoms with van der Waals surface area (Å²) in [5.41, 5.74) is 7.80. The molecule has 1 aromatic rings. The Morgan fingerprint density at radius 1 is 1.42 bits per heavy atom. The third-order valence-corrected chi connectivity index (χ3v) is 3.71. The zero-order valence-electron chi connectivity index (χ0n) is 11.3. The first-order valence-electron chi connectivity index (χ1n) is 6.70.